The molecular weight excluding hydrogens is 931 g/mol. The lowest BCUT2D eigenvalue weighted by Crippen LogP contribution is -2.61. The summed E-state index contributed by atoms with van der Waals surface area (Å²) in [6, 6.07) is -1.06. The Labute approximate surface area is 449 Å². The summed E-state index contributed by atoms with van der Waals surface area (Å²) in [5, 5.41) is 56.8. The van der Waals surface area contributed by atoms with E-state index in [4.69, 9.17) is 14.2 Å². The molecule has 11 nitrogen and oxygen atoms in total. The van der Waals surface area contributed by atoms with Crippen molar-refractivity contribution in [2.24, 2.45) is 0 Å². The lowest BCUT2D eigenvalue weighted by atomic mass is 9.99. The predicted molar refractivity (Wildman–Crippen MR) is 305 cm³/mol. The van der Waals surface area contributed by atoms with Gasteiger partial charge in [-0.1, -0.05) is 226 Å². The predicted octanol–water partition coefficient (Wildman–Crippen LogP) is 13.1. The van der Waals surface area contributed by atoms with Gasteiger partial charge in [-0.2, -0.15) is 0 Å². The lowest BCUT2D eigenvalue weighted by molar-refractivity contribution is -0.305. The third-order valence-corrected chi connectivity index (χ3v) is 12.7. The Morgan fingerprint density at radius 1 is 0.554 bits per heavy atom. The zero-order valence-electron chi connectivity index (χ0n) is 46.2. The van der Waals surface area contributed by atoms with E-state index in [-0.39, 0.29) is 19.4 Å². The first-order valence-corrected chi connectivity index (χ1v) is 28.9. The first-order chi connectivity index (χ1) is 36.2. The van der Waals surface area contributed by atoms with Crippen molar-refractivity contribution in [3.63, 3.8) is 0 Å². The molecule has 11 heteroatoms. The zero-order valence-corrected chi connectivity index (χ0v) is 46.2. The fourth-order valence-corrected chi connectivity index (χ4v) is 8.12. The van der Waals surface area contributed by atoms with E-state index in [0.717, 1.165) is 89.9 Å². The number of unbranched alkanes of at least 4 members (excludes halogenated alkanes) is 18. The Balaban J connectivity index is 2.78. The number of aliphatic hydroxyl groups excluding tert-OH is 5. The Kier molecular flexibility index (Phi) is 45.9. The Morgan fingerprint density at radius 2 is 1.03 bits per heavy atom. The molecule has 0 aromatic heterocycles. The van der Waals surface area contributed by atoms with Gasteiger partial charge in [-0.3, -0.25) is 9.59 Å². The topological polar surface area (TPSA) is 175 Å². The van der Waals surface area contributed by atoms with Crippen molar-refractivity contribution < 1.29 is 49.3 Å². The number of ether oxygens (including phenoxy) is 3. The van der Waals surface area contributed by atoms with E-state index in [1.54, 1.807) is 6.08 Å². The molecule has 1 amide bonds. The molecule has 0 spiro atoms. The van der Waals surface area contributed by atoms with Crippen LogP contribution in [0.3, 0.4) is 0 Å². The highest BCUT2D eigenvalue weighted by Gasteiger charge is 2.47. The molecule has 420 valence electrons. The van der Waals surface area contributed by atoms with E-state index in [1.165, 1.54) is 64.2 Å². The van der Waals surface area contributed by atoms with E-state index in [9.17, 15) is 35.1 Å². The molecule has 0 aromatic rings. The van der Waals surface area contributed by atoms with Crippen LogP contribution in [0.25, 0.3) is 0 Å². The summed E-state index contributed by atoms with van der Waals surface area (Å²) in [5.41, 5.74) is 0. The van der Waals surface area contributed by atoms with Gasteiger partial charge in [-0.25, -0.2) is 0 Å². The van der Waals surface area contributed by atoms with Crippen molar-refractivity contribution in [3.05, 3.63) is 122 Å². The van der Waals surface area contributed by atoms with Gasteiger partial charge in [0.05, 0.1) is 25.4 Å². The highest BCUT2D eigenvalue weighted by atomic mass is 16.7. The minimum Gasteiger partial charge on any atom is -0.454 e. The number of amides is 1. The first-order valence-electron chi connectivity index (χ1n) is 28.9. The van der Waals surface area contributed by atoms with Crippen LogP contribution < -0.4 is 5.32 Å². The maximum Gasteiger partial charge on any atom is 0.306 e. The van der Waals surface area contributed by atoms with E-state index in [2.05, 4.69) is 80.8 Å². The summed E-state index contributed by atoms with van der Waals surface area (Å²) in [4.78, 5) is 26.4. The van der Waals surface area contributed by atoms with Gasteiger partial charge in [0, 0.05) is 6.42 Å². The van der Waals surface area contributed by atoms with E-state index in [0.29, 0.717) is 12.8 Å². The largest absolute Gasteiger partial charge is 0.454 e. The Hall–Kier alpha value is -3.94. The van der Waals surface area contributed by atoms with Crippen LogP contribution in [-0.4, -0.2) is 99.6 Å². The Morgan fingerprint density at radius 3 is 1.61 bits per heavy atom. The van der Waals surface area contributed by atoms with Gasteiger partial charge in [0.2, 0.25) is 5.91 Å². The monoisotopic (exact) mass is 1030 g/mol. The number of hydrogen-bond donors (Lipinski definition) is 6. The van der Waals surface area contributed by atoms with Crippen molar-refractivity contribution in [2.45, 2.75) is 250 Å². The molecule has 0 aromatic carbocycles. The van der Waals surface area contributed by atoms with Crippen LogP contribution in [0.4, 0.5) is 0 Å². The van der Waals surface area contributed by atoms with Gasteiger partial charge in [-0.05, 0) is 89.9 Å². The number of aliphatic hydroxyl groups is 5. The number of esters is 1. The maximum absolute atomic E-state index is 13.4. The maximum atomic E-state index is 13.4. The molecule has 1 rings (SSSR count). The van der Waals surface area contributed by atoms with Crippen LogP contribution in [0.2, 0.25) is 0 Å². The molecule has 1 aliphatic rings. The number of hydrogen-bond acceptors (Lipinski definition) is 10. The van der Waals surface area contributed by atoms with Gasteiger partial charge in [-0.15, -0.1) is 0 Å². The van der Waals surface area contributed by atoms with Gasteiger partial charge in [0.1, 0.15) is 24.4 Å². The molecule has 74 heavy (non-hydrogen) atoms. The number of allylic oxidation sites excluding steroid dienone is 19. The van der Waals surface area contributed by atoms with Gasteiger partial charge in [0.15, 0.2) is 12.4 Å². The molecule has 0 bridgehead atoms. The average molecular weight is 1030 g/mol. The highest BCUT2D eigenvalue weighted by Crippen LogP contribution is 2.26. The second-order valence-electron chi connectivity index (χ2n) is 19.4. The molecule has 0 saturated carbocycles. The van der Waals surface area contributed by atoms with Crippen molar-refractivity contribution in [1.82, 2.24) is 5.32 Å². The third-order valence-electron chi connectivity index (χ3n) is 12.7. The SMILES string of the molecule is CC/C=C/C=C/C=C\C=C/C=C/CCCCC(O)C(=O)NC(COC1OC(CO)C(O)C(O)C1OC(=O)CCCCC/C=C\C/C=C\C/C=C\C/C=C\CCCCC)C(O)/C=C/CCCCCCCCCCCC. The number of nitrogens with one attached hydrogen (secondary N) is 1. The molecule has 0 radical (unpaired) electrons. The number of rotatable bonds is 46. The summed E-state index contributed by atoms with van der Waals surface area (Å²) < 4.78 is 17.5. The second kappa shape index (κ2) is 49.9. The van der Waals surface area contributed by atoms with Crippen LogP contribution in [-0.2, 0) is 23.8 Å². The summed E-state index contributed by atoms with van der Waals surface area (Å²) in [6.07, 6.45) is 58.1. The van der Waals surface area contributed by atoms with Crippen molar-refractivity contribution in [1.29, 1.82) is 0 Å². The molecule has 1 saturated heterocycles. The minimum atomic E-state index is -1.64. The first kappa shape index (κ1) is 68.1. The van der Waals surface area contributed by atoms with E-state index >= 15 is 0 Å². The summed E-state index contributed by atoms with van der Waals surface area (Å²) in [7, 11) is 0. The Bertz CT molecular complexity index is 1660. The summed E-state index contributed by atoms with van der Waals surface area (Å²) in [6.45, 7) is 5.54. The molecule has 0 aliphatic carbocycles. The second-order valence-corrected chi connectivity index (χ2v) is 19.4. The molecular formula is C63H103NO10. The summed E-state index contributed by atoms with van der Waals surface area (Å²) in [5.74, 6) is -1.28. The fourth-order valence-electron chi connectivity index (χ4n) is 8.12. The van der Waals surface area contributed by atoms with Crippen LogP contribution >= 0.6 is 0 Å². The van der Waals surface area contributed by atoms with Crippen LogP contribution in [0.5, 0.6) is 0 Å². The number of carbonyl (C=O) groups is 2. The molecule has 1 heterocycles. The van der Waals surface area contributed by atoms with Crippen LogP contribution in [0, 0.1) is 0 Å². The smallest absolute Gasteiger partial charge is 0.306 e. The molecule has 8 unspecified atom stereocenters. The van der Waals surface area contributed by atoms with Gasteiger partial charge < -0.3 is 45.1 Å². The normalized spacial score (nSPS) is 20.2. The standard InChI is InChI=1S/C63H103NO10/c1-4-7-10-13-16-19-22-25-27-28-29-30-31-33-36-39-42-45-48-51-58(68)74-61-60(70)59(69)57(52-65)73-63(61)72-53-54(55(66)49-46-43-40-37-34-24-21-18-15-12-9-6-3)64-62(71)56(67)50-47-44-41-38-35-32-26-23-20-17-14-11-8-5-2/h8,11,14,16-17,19-20,23,25-27,29-30,32-33,35-36,38,46,49,54-57,59-61,63,65-67,69-70H,4-7,9-10,12-13,15,18,21-22,24,28,31,34,37,39-45,47-48,50-53H2,1-3H3,(H,64,71)/b11-8+,17-14+,19-16-,23-20-,27-25-,30-29-,32-26-,36-33-,38-35+,49-46+. The van der Waals surface area contributed by atoms with Crippen LogP contribution in [0.15, 0.2) is 122 Å². The van der Waals surface area contributed by atoms with Gasteiger partial charge in [0.25, 0.3) is 0 Å². The van der Waals surface area contributed by atoms with Crippen molar-refractivity contribution in [3.8, 4) is 0 Å². The van der Waals surface area contributed by atoms with E-state index in [1.807, 2.05) is 60.8 Å². The van der Waals surface area contributed by atoms with Crippen LogP contribution in [0.1, 0.15) is 201 Å². The lowest BCUT2D eigenvalue weighted by Gasteiger charge is -2.41. The fraction of sp³-hybridized carbons (Fsp3) is 0.651. The highest BCUT2D eigenvalue weighted by molar-refractivity contribution is 5.80. The number of carbonyl (C=O) groups excluding carboxylic acids is 2. The molecule has 6 N–H and O–H groups in total. The third kappa shape index (κ3) is 37.7. The molecule has 1 aliphatic heterocycles. The van der Waals surface area contributed by atoms with Gasteiger partial charge >= 0.3 is 5.97 Å². The zero-order chi connectivity index (χ0) is 54.0. The average Bonchev–Trinajstić information content (AvgIpc) is 3.40. The van der Waals surface area contributed by atoms with Crippen molar-refractivity contribution >= 4 is 11.9 Å². The van der Waals surface area contributed by atoms with E-state index < -0.39 is 67.4 Å². The van der Waals surface area contributed by atoms with Crippen molar-refractivity contribution in [2.75, 3.05) is 13.2 Å². The minimum absolute atomic E-state index is 0.0732. The summed E-state index contributed by atoms with van der Waals surface area (Å²) >= 11 is 0. The molecule has 1 fully saturated rings. The molecule has 8 atom stereocenters. The quantitative estimate of drug-likeness (QED) is 0.0149.